The maximum atomic E-state index is 12.2. The van der Waals surface area contributed by atoms with Crippen molar-refractivity contribution in [2.75, 3.05) is 32.7 Å². The lowest BCUT2D eigenvalue weighted by Gasteiger charge is -2.34. The van der Waals surface area contributed by atoms with Gasteiger partial charge in [0.25, 0.3) is 5.91 Å². The molecule has 98 valence electrons. The summed E-state index contributed by atoms with van der Waals surface area (Å²) in [6, 6.07) is 0. The number of carbonyl (C=O) groups is 1. The van der Waals surface area contributed by atoms with E-state index in [1.807, 2.05) is 17.2 Å². The highest BCUT2D eigenvalue weighted by Gasteiger charge is 2.28. The van der Waals surface area contributed by atoms with Gasteiger partial charge < -0.3 is 4.90 Å². The van der Waals surface area contributed by atoms with Gasteiger partial charge in [-0.2, -0.15) is 0 Å². The quantitative estimate of drug-likeness (QED) is 0.833. The topological polar surface area (TPSA) is 36.4 Å². The van der Waals surface area contributed by atoms with Gasteiger partial charge in [0, 0.05) is 38.1 Å². The molecule has 1 saturated carbocycles. The Morgan fingerprint density at radius 3 is 2.67 bits per heavy atom. The van der Waals surface area contributed by atoms with E-state index in [1.165, 1.54) is 19.4 Å². The van der Waals surface area contributed by atoms with Crippen LogP contribution in [0.1, 0.15) is 28.3 Å². The standard InChI is InChI=1S/C13H19N3OS/c1-10-14-12(9-18-10)13(17)16-6-4-15(5-7-16)8-11-2-3-11/h9,11H,2-8H2,1H3. The fraction of sp³-hybridized carbons (Fsp3) is 0.692. The summed E-state index contributed by atoms with van der Waals surface area (Å²) in [4.78, 5) is 20.9. The van der Waals surface area contributed by atoms with Gasteiger partial charge in [-0.3, -0.25) is 9.69 Å². The summed E-state index contributed by atoms with van der Waals surface area (Å²) in [5.41, 5.74) is 0.619. The molecule has 3 rings (SSSR count). The van der Waals surface area contributed by atoms with E-state index in [0.29, 0.717) is 5.69 Å². The van der Waals surface area contributed by atoms with E-state index in [1.54, 1.807) is 11.3 Å². The van der Waals surface area contributed by atoms with E-state index in [2.05, 4.69) is 9.88 Å². The summed E-state index contributed by atoms with van der Waals surface area (Å²) in [7, 11) is 0. The largest absolute Gasteiger partial charge is 0.335 e. The molecule has 1 aromatic heterocycles. The number of aromatic nitrogens is 1. The number of nitrogens with zero attached hydrogens (tertiary/aromatic N) is 3. The van der Waals surface area contributed by atoms with Crippen molar-refractivity contribution in [3.8, 4) is 0 Å². The molecule has 0 radical (unpaired) electrons. The van der Waals surface area contributed by atoms with Gasteiger partial charge in [0.05, 0.1) is 5.01 Å². The van der Waals surface area contributed by atoms with Gasteiger partial charge in [-0.1, -0.05) is 0 Å². The third-order valence-electron chi connectivity index (χ3n) is 3.71. The van der Waals surface area contributed by atoms with Crippen molar-refractivity contribution >= 4 is 17.2 Å². The van der Waals surface area contributed by atoms with Crippen LogP contribution in [0.15, 0.2) is 5.38 Å². The smallest absolute Gasteiger partial charge is 0.273 e. The molecular formula is C13H19N3OS. The molecule has 1 amide bonds. The number of aryl methyl sites for hydroxylation is 1. The molecule has 0 aromatic carbocycles. The van der Waals surface area contributed by atoms with Gasteiger partial charge in [-0.15, -0.1) is 11.3 Å². The van der Waals surface area contributed by atoms with Crippen molar-refractivity contribution in [1.29, 1.82) is 0 Å². The Morgan fingerprint density at radius 2 is 2.11 bits per heavy atom. The molecule has 2 fully saturated rings. The Kier molecular flexibility index (Phi) is 3.35. The molecule has 1 aliphatic carbocycles. The molecule has 1 aliphatic heterocycles. The zero-order valence-corrected chi connectivity index (χ0v) is 11.6. The molecule has 0 bridgehead atoms. The van der Waals surface area contributed by atoms with E-state index in [-0.39, 0.29) is 5.91 Å². The molecule has 0 atom stereocenters. The molecule has 2 heterocycles. The van der Waals surface area contributed by atoms with Crippen LogP contribution >= 0.6 is 11.3 Å². The number of hydrogen-bond acceptors (Lipinski definition) is 4. The minimum Gasteiger partial charge on any atom is -0.335 e. The maximum Gasteiger partial charge on any atom is 0.273 e. The first-order valence-corrected chi connectivity index (χ1v) is 7.54. The summed E-state index contributed by atoms with van der Waals surface area (Å²) >= 11 is 1.54. The van der Waals surface area contributed by atoms with Crippen molar-refractivity contribution in [3.63, 3.8) is 0 Å². The molecule has 18 heavy (non-hydrogen) atoms. The number of piperazine rings is 1. The van der Waals surface area contributed by atoms with E-state index >= 15 is 0 Å². The average Bonchev–Trinajstić information content (AvgIpc) is 3.09. The molecule has 0 spiro atoms. The summed E-state index contributed by atoms with van der Waals surface area (Å²) in [5.74, 6) is 1.04. The second-order valence-electron chi connectivity index (χ2n) is 5.29. The van der Waals surface area contributed by atoms with Crippen LogP contribution < -0.4 is 0 Å². The van der Waals surface area contributed by atoms with E-state index in [4.69, 9.17) is 0 Å². The van der Waals surface area contributed by atoms with Gasteiger partial charge in [0.1, 0.15) is 5.69 Å². The summed E-state index contributed by atoms with van der Waals surface area (Å²) in [5, 5.41) is 2.83. The van der Waals surface area contributed by atoms with Crippen molar-refractivity contribution < 1.29 is 4.79 Å². The predicted molar refractivity (Wildman–Crippen MR) is 71.9 cm³/mol. The molecule has 1 saturated heterocycles. The Bertz CT molecular complexity index is 433. The first-order chi connectivity index (χ1) is 8.72. The van der Waals surface area contributed by atoms with Crippen molar-refractivity contribution in [1.82, 2.24) is 14.8 Å². The SMILES string of the molecule is Cc1nc(C(=O)N2CCN(CC3CC3)CC2)cs1. The fourth-order valence-electron chi connectivity index (χ4n) is 2.42. The highest BCUT2D eigenvalue weighted by Crippen LogP contribution is 2.29. The monoisotopic (exact) mass is 265 g/mol. The third kappa shape index (κ3) is 2.72. The number of hydrogen-bond donors (Lipinski definition) is 0. The lowest BCUT2D eigenvalue weighted by molar-refractivity contribution is 0.0627. The lowest BCUT2D eigenvalue weighted by Crippen LogP contribution is -2.49. The van der Waals surface area contributed by atoms with Crippen LogP contribution in [-0.2, 0) is 0 Å². The van der Waals surface area contributed by atoms with Gasteiger partial charge in [0.2, 0.25) is 0 Å². The van der Waals surface area contributed by atoms with E-state index in [9.17, 15) is 4.79 Å². The van der Waals surface area contributed by atoms with Crippen LogP contribution in [0.2, 0.25) is 0 Å². The van der Waals surface area contributed by atoms with Gasteiger partial charge in [0.15, 0.2) is 0 Å². The minimum atomic E-state index is 0.102. The summed E-state index contributed by atoms with van der Waals surface area (Å²) in [6.45, 7) is 6.91. The molecule has 1 aromatic rings. The Balaban J connectivity index is 1.53. The van der Waals surface area contributed by atoms with Crippen molar-refractivity contribution in [2.24, 2.45) is 5.92 Å². The van der Waals surface area contributed by atoms with Crippen LogP contribution in [0.25, 0.3) is 0 Å². The zero-order valence-electron chi connectivity index (χ0n) is 10.8. The van der Waals surface area contributed by atoms with Crippen LogP contribution in [-0.4, -0.2) is 53.4 Å². The van der Waals surface area contributed by atoms with E-state index < -0.39 is 0 Å². The maximum absolute atomic E-state index is 12.2. The molecular weight excluding hydrogens is 246 g/mol. The van der Waals surface area contributed by atoms with Crippen LogP contribution in [0.3, 0.4) is 0 Å². The summed E-state index contributed by atoms with van der Waals surface area (Å²) < 4.78 is 0. The number of rotatable bonds is 3. The summed E-state index contributed by atoms with van der Waals surface area (Å²) in [6.07, 6.45) is 2.80. The first kappa shape index (κ1) is 12.1. The van der Waals surface area contributed by atoms with Crippen molar-refractivity contribution in [2.45, 2.75) is 19.8 Å². The van der Waals surface area contributed by atoms with E-state index in [0.717, 1.165) is 37.1 Å². The van der Waals surface area contributed by atoms with Gasteiger partial charge >= 0.3 is 0 Å². The first-order valence-electron chi connectivity index (χ1n) is 6.66. The Labute approximate surface area is 112 Å². The number of thiazole rings is 1. The molecule has 0 N–H and O–H groups in total. The van der Waals surface area contributed by atoms with Crippen LogP contribution in [0.5, 0.6) is 0 Å². The van der Waals surface area contributed by atoms with Gasteiger partial charge in [-0.05, 0) is 25.7 Å². The second kappa shape index (κ2) is 4.97. The fourth-order valence-corrected chi connectivity index (χ4v) is 3.01. The molecule has 2 aliphatic rings. The average molecular weight is 265 g/mol. The second-order valence-corrected chi connectivity index (χ2v) is 6.35. The number of amides is 1. The lowest BCUT2D eigenvalue weighted by atomic mass is 10.2. The zero-order chi connectivity index (χ0) is 12.5. The minimum absolute atomic E-state index is 0.102. The highest BCUT2D eigenvalue weighted by molar-refractivity contribution is 7.09. The normalized spacial score (nSPS) is 21.3. The Morgan fingerprint density at radius 1 is 1.39 bits per heavy atom. The number of carbonyl (C=O) groups excluding carboxylic acids is 1. The molecule has 4 nitrogen and oxygen atoms in total. The van der Waals surface area contributed by atoms with Crippen molar-refractivity contribution in [3.05, 3.63) is 16.1 Å². The van der Waals surface area contributed by atoms with Crippen LogP contribution in [0.4, 0.5) is 0 Å². The Hall–Kier alpha value is -0.940. The third-order valence-corrected chi connectivity index (χ3v) is 4.48. The predicted octanol–water partition coefficient (Wildman–Crippen LogP) is 1.62. The van der Waals surface area contributed by atoms with Gasteiger partial charge in [-0.25, -0.2) is 4.98 Å². The molecule has 5 heteroatoms. The van der Waals surface area contributed by atoms with Crippen LogP contribution in [0, 0.1) is 12.8 Å². The highest BCUT2D eigenvalue weighted by atomic mass is 32.1. The molecule has 0 unspecified atom stereocenters.